The predicted molar refractivity (Wildman–Crippen MR) is 113 cm³/mol. The molecule has 0 unspecified atom stereocenters. The number of rotatable bonds is 3. The maximum absolute atomic E-state index is 12.1. The van der Waals surface area contributed by atoms with Gasteiger partial charge in [0.2, 0.25) is 0 Å². The van der Waals surface area contributed by atoms with Gasteiger partial charge in [0.15, 0.2) is 0 Å². The second-order valence-corrected chi connectivity index (χ2v) is 10.6. The molecule has 0 saturated heterocycles. The van der Waals surface area contributed by atoms with Crippen molar-refractivity contribution in [3.8, 4) is 0 Å². The maximum atomic E-state index is 12.1. The first-order chi connectivity index (χ1) is 13.7. The summed E-state index contributed by atoms with van der Waals surface area (Å²) in [6.45, 7) is 4.73. The molecular formula is C23H37N3O3. The van der Waals surface area contributed by atoms with Crippen molar-refractivity contribution in [1.82, 2.24) is 5.43 Å². The largest absolute Gasteiger partial charge is 0.393 e. The zero-order valence-electron chi connectivity index (χ0n) is 17.8. The summed E-state index contributed by atoms with van der Waals surface area (Å²) in [7, 11) is 0. The molecule has 0 bridgehead atoms. The number of nitrogens with two attached hydrogens (primary N) is 1. The highest BCUT2D eigenvalue weighted by Gasteiger charge is 2.66. The Labute approximate surface area is 174 Å². The molecule has 4 rings (SSSR count). The van der Waals surface area contributed by atoms with Crippen LogP contribution in [0.5, 0.6) is 0 Å². The molecule has 8 atom stereocenters. The van der Waals surface area contributed by atoms with E-state index in [1.54, 1.807) is 6.21 Å². The fourth-order valence-corrected chi connectivity index (χ4v) is 7.88. The number of hydrazone groups is 1. The first kappa shape index (κ1) is 20.9. The van der Waals surface area contributed by atoms with Crippen molar-refractivity contribution in [3.05, 3.63) is 12.2 Å². The Hall–Kier alpha value is -1.40. The zero-order chi connectivity index (χ0) is 20.9. The summed E-state index contributed by atoms with van der Waals surface area (Å²) >= 11 is 0. The van der Waals surface area contributed by atoms with Crippen LogP contribution in [0.1, 0.15) is 71.6 Å². The minimum absolute atomic E-state index is 0.118. The summed E-state index contributed by atoms with van der Waals surface area (Å²) in [4.78, 5) is 10.7. The van der Waals surface area contributed by atoms with Gasteiger partial charge in [0.25, 0.3) is 0 Å². The number of carbonyl (C=O) groups excluding carboxylic acids is 1. The van der Waals surface area contributed by atoms with E-state index in [9.17, 15) is 15.0 Å². The van der Waals surface area contributed by atoms with Gasteiger partial charge in [-0.25, -0.2) is 10.2 Å². The van der Waals surface area contributed by atoms with E-state index in [2.05, 4.69) is 30.5 Å². The van der Waals surface area contributed by atoms with E-state index >= 15 is 0 Å². The molecule has 162 valence electrons. The quantitative estimate of drug-likeness (QED) is 0.429. The van der Waals surface area contributed by atoms with Gasteiger partial charge in [0.1, 0.15) is 0 Å². The van der Waals surface area contributed by atoms with Crippen LogP contribution in [-0.4, -0.2) is 34.2 Å². The number of fused-ring (bicyclic) bond motifs is 5. The molecule has 0 heterocycles. The topological polar surface area (TPSA) is 108 Å². The van der Waals surface area contributed by atoms with Crippen LogP contribution in [-0.2, 0) is 0 Å². The molecule has 4 aliphatic carbocycles. The van der Waals surface area contributed by atoms with Crippen LogP contribution in [0.15, 0.2) is 17.3 Å². The summed E-state index contributed by atoms with van der Waals surface area (Å²) in [5, 5.41) is 26.0. The molecule has 0 spiro atoms. The van der Waals surface area contributed by atoms with Crippen LogP contribution in [0.25, 0.3) is 0 Å². The Morgan fingerprint density at radius 1 is 1.10 bits per heavy atom. The highest BCUT2D eigenvalue weighted by molar-refractivity contribution is 5.76. The summed E-state index contributed by atoms with van der Waals surface area (Å²) in [6.07, 6.45) is 14.7. The maximum Gasteiger partial charge on any atom is 0.332 e. The van der Waals surface area contributed by atoms with Crippen molar-refractivity contribution in [1.29, 1.82) is 0 Å². The number of allylic oxidation sites excluding steroid dienone is 2. The SMILES string of the molecule is C[C@]12CC[C@H](O)C[C@H]1CC[C@@H]1[C@@H]2CC[C@]2(C)[C@@H](/C=C/C=N/NC(N)=O)CC[C@]12O. The minimum atomic E-state index is -0.672. The second-order valence-electron chi connectivity index (χ2n) is 10.6. The van der Waals surface area contributed by atoms with Crippen LogP contribution in [0, 0.1) is 34.5 Å². The van der Waals surface area contributed by atoms with E-state index < -0.39 is 11.6 Å². The summed E-state index contributed by atoms with van der Waals surface area (Å²) in [5.41, 5.74) is 6.75. The third-order valence-electron chi connectivity index (χ3n) is 9.58. The van der Waals surface area contributed by atoms with Crippen LogP contribution >= 0.6 is 0 Å². The monoisotopic (exact) mass is 403 g/mol. The van der Waals surface area contributed by atoms with Crippen LogP contribution in [0.3, 0.4) is 0 Å². The first-order valence-electron chi connectivity index (χ1n) is 11.4. The molecule has 0 aliphatic heterocycles. The highest BCUT2D eigenvalue weighted by atomic mass is 16.3. The number of nitrogens with one attached hydrogen (secondary N) is 1. The number of carbonyl (C=O) groups is 1. The van der Waals surface area contributed by atoms with Gasteiger partial charge in [0, 0.05) is 11.6 Å². The van der Waals surface area contributed by atoms with E-state index in [1.165, 1.54) is 6.42 Å². The van der Waals surface area contributed by atoms with E-state index in [-0.39, 0.29) is 16.9 Å². The molecule has 6 nitrogen and oxygen atoms in total. The summed E-state index contributed by atoms with van der Waals surface area (Å²) < 4.78 is 0. The summed E-state index contributed by atoms with van der Waals surface area (Å²) in [5.74, 6) is 1.84. The molecule has 4 saturated carbocycles. The van der Waals surface area contributed by atoms with E-state index in [0.717, 1.165) is 51.4 Å². The molecule has 0 aromatic heterocycles. The third kappa shape index (κ3) is 3.23. The van der Waals surface area contributed by atoms with E-state index in [1.807, 2.05) is 6.08 Å². The van der Waals surface area contributed by atoms with Gasteiger partial charge in [-0.05, 0) is 93.0 Å². The van der Waals surface area contributed by atoms with Crippen LogP contribution in [0.4, 0.5) is 4.79 Å². The lowest BCUT2D eigenvalue weighted by molar-refractivity contribution is -0.207. The number of nitrogens with zero attached hydrogens (tertiary/aromatic N) is 1. The molecule has 5 N–H and O–H groups in total. The lowest BCUT2D eigenvalue weighted by Gasteiger charge is -2.63. The number of primary amides is 1. The van der Waals surface area contributed by atoms with Crippen molar-refractivity contribution in [2.45, 2.75) is 83.3 Å². The van der Waals surface area contributed by atoms with Crippen LogP contribution in [0.2, 0.25) is 0 Å². The fourth-order valence-electron chi connectivity index (χ4n) is 7.88. The molecule has 6 heteroatoms. The average Bonchev–Trinajstić information content (AvgIpc) is 2.93. The average molecular weight is 404 g/mol. The van der Waals surface area contributed by atoms with Gasteiger partial charge in [-0.1, -0.05) is 19.9 Å². The third-order valence-corrected chi connectivity index (χ3v) is 9.58. The Balaban J connectivity index is 1.53. The van der Waals surface area contributed by atoms with Gasteiger partial charge >= 0.3 is 6.03 Å². The molecule has 4 fully saturated rings. The van der Waals surface area contributed by atoms with Crippen molar-refractivity contribution < 1.29 is 15.0 Å². The smallest absolute Gasteiger partial charge is 0.332 e. The second kappa shape index (κ2) is 7.38. The van der Waals surface area contributed by atoms with Crippen molar-refractivity contribution in [2.75, 3.05) is 0 Å². The number of hydrogen-bond donors (Lipinski definition) is 4. The normalized spacial score (nSPS) is 49.6. The predicted octanol–water partition coefficient (Wildman–Crippen LogP) is 3.33. The standard InChI is InChI=1S/C23H37N3O3/c1-21-10-8-17(27)14-16(21)5-6-19-18(21)9-11-22(2)15(7-12-23(19,22)29)4-3-13-25-26-20(24)28/h3-4,13,15-19,27,29H,5-12,14H2,1-2H3,(H3,24,26,28)/b4-3+,25-13+/t15-,16+,17-,18-,19+,21-,22+,23-/m0/s1. The first-order valence-corrected chi connectivity index (χ1v) is 11.4. The zero-order valence-corrected chi connectivity index (χ0v) is 17.8. The summed E-state index contributed by atoms with van der Waals surface area (Å²) in [6, 6.07) is -0.672. The van der Waals surface area contributed by atoms with Gasteiger partial charge in [-0.3, -0.25) is 0 Å². The number of hydrogen-bond acceptors (Lipinski definition) is 4. The molecule has 4 aliphatic rings. The Bertz CT molecular complexity index is 709. The van der Waals surface area contributed by atoms with Gasteiger partial charge < -0.3 is 15.9 Å². The minimum Gasteiger partial charge on any atom is -0.393 e. The lowest BCUT2D eigenvalue weighted by atomic mass is 9.43. The van der Waals surface area contributed by atoms with Crippen molar-refractivity contribution in [3.63, 3.8) is 0 Å². The molecule has 2 amide bonds. The number of urea groups is 1. The highest BCUT2D eigenvalue weighted by Crippen LogP contribution is 2.69. The molecular weight excluding hydrogens is 366 g/mol. The van der Waals surface area contributed by atoms with Crippen molar-refractivity contribution >= 4 is 12.2 Å². The van der Waals surface area contributed by atoms with Gasteiger partial charge in [-0.15, -0.1) is 0 Å². The van der Waals surface area contributed by atoms with Crippen LogP contribution < -0.4 is 11.2 Å². The Kier molecular flexibility index (Phi) is 5.31. The molecule has 0 aromatic carbocycles. The number of amides is 2. The number of aliphatic hydroxyl groups excluding tert-OH is 1. The molecule has 0 radical (unpaired) electrons. The van der Waals surface area contributed by atoms with Crippen molar-refractivity contribution in [2.24, 2.45) is 45.3 Å². The molecule has 0 aromatic rings. The van der Waals surface area contributed by atoms with Gasteiger partial charge in [0.05, 0.1) is 11.7 Å². The van der Waals surface area contributed by atoms with Gasteiger partial charge in [-0.2, -0.15) is 5.10 Å². The fraction of sp³-hybridized carbons (Fsp3) is 0.826. The van der Waals surface area contributed by atoms with E-state index in [0.29, 0.717) is 23.7 Å². The molecule has 29 heavy (non-hydrogen) atoms. The number of aliphatic hydroxyl groups is 2. The Morgan fingerprint density at radius 3 is 2.66 bits per heavy atom. The van der Waals surface area contributed by atoms with E-state index in [4.69, 9.17) is 5.73 Å². The Morgan fingerprint density at radius 2 is 1.90 bits per heavy atom. The lowest BCUT2D eigenvalue weighted by Crippen LogP contribution is -2.62.